The summed E-state index contributed by atoms with van der Waals surface area (Å²) in [6, 6.07) is 11.7. The number of rotatable bonds is 4. The van der Waals surface area contributed by atoms with Gasteiger partial charge in [-0.15, -0.1) is 0 Å². The molecule has 0 atom stereocenters. The number of ether oxygens (including phenoxy) is 2. The Labute approximate surface area is 110 Å². The summed E-state index contributed by atoms with van der Waals surface area (Å²) in [7, 11) is 1.59. The molecule has 19 heavy (non-hydrogen) atoms. The van der Waals surface area contributed by atoms with E-state index in [1.807, 2.05) is 0 Å². The second kappa shape index (κ2) is 5.30. The molecule has 5 heteroatoms. The van der Waals surface area contributed by atoms with Crippen molar-refractivity contribution in [2.75, 3.05) is 12.8 Å². The smallest absolute Gasteiger partial charge is 0.248 e. The van der Waals surface area contributed by atoms with E-state index in [-0.39, 0.29) is 0 Å². The Morgan fingerprint density at radius 3 is 2.26 bits per heavy atom. The fraction of sp³-hybridized carbons (Fsp3) is 0.0714. The van der Waals surface area contributed by atoms with Crippen LogP contribution in [-0.4, -0.2) is 13.0 Å². The van der Waals surface area contributed by atoms with Gasteiger partial charge in [0.1, 0.15) is 11.5 Å². The van der Waals surface area contributed by atoms with Crippen LogP contribution >= 0.6 is 0 Å². The molecule has 4 N–H and O–H groups in total. The van der Waals surface area contributed by atoms with Gasteiger partial charge in [-0.3, -0.25) is 4.79 Å². The van der Waals surface area contributed by atoms with Crippen molar-refractivity contribution in [2.24, 2.45) is 5.73 Å². The van der Waals surface area contributed by atoms with E-state index >= 15 is 0 Å². The molecule has 1 amide bonds. The number of carbonyl (C=O) groups is 1. The zero-order valence-electron chi connectivity index (χ0n) is 10.4. The first-order chi connectivity index (χ1) is 9.10. The molecule has 2 rings (SSSR count). The first-order valence-electron chi connectivity index (χ1n) is 5.61. The molecule has 0 aliphatic rings. The van der Waals surface area contributed by atoms with Gasteiger partial charge in [0.05, 0.1) is 12.8 Å². The minimum absolute atomic E-state index is 0.345. The molecule has 0 fully saturated rings. The molecular formula is C14H14N2O3. The Kier molecular flexibility index (Phi) is 3.56. The molecule has 0 saturated heterocycles. The largest absolute Gasteiger partial charge is 0.497 e. The number of primary amides is 1. The van der Waals surface area contributed by atoms with E-state index in [0.29, 0.717) is 22.7 Å². The van der Waals surface area contributed by atoms with E-state index in [1.54, 1.807) is 43.5 Å². The molecule has 0 unspecified atom stereocenters. The molecule has 0 bridgehead atoms. The zero-order valence-corrected chi connectivity index (χ0v) is 10.4. The monoisotopic (exact) mass is 258 g/mol. The van der Waals surface area contributed by atoms with Crippen LogP contribution in [0.1, 0.15) is 10.4 Å². The normalized spacial score (nSPS) is 9.95. The van der Waals surface area contributed by atoms with Crippen LogP contribution in [0.3, 0.4) is 0 Å². The quantitative estimate of drug-likeness (QED) is 0.823. The number of nitrogen functional groups attached to an aromatic ring is 1. The average Bonchev–Trinajstić information content (AvgIpc) is 2.42. The maximum Gasteiger partial charge on any atom is 0.248 e. The molecule has 98 valence electrons. The van der Waals surface area contributed by atoms with Gasteiger partial charge in [0.2, 0.25) is 5.91 Å². The van der Waals surface area contributed by atoms with Crippen LogP contribution in [0.15, 0.2) is 42.5 Å². The number of amides is 1. The van der Waals surface area contributed by atoms with Crippen LogP contribution in [0.2, 0.25) is 0 Å². The van der Waals surface area contributed by atoms with Crippen LogP contribution < -0.4 is 20.9 Å². The molecule has 5 nitrogen and oxygen atoms in total. The lowest BCUT2D eigenvalue weighted by Crippen LogP contribution is -2.11. The third-order valence-electron chi connectivity index (χ3n) is 2.59. The molecule has 0 aliphatic heterocycles. The summed E-state index contributed by atoms with van der Waals surface area (Å²) < 4.78 is 10.7. The summed E-state index contributed by atoms with van der Waals surface area (Å²) in [5.41, 5.74) is 11.8. The van der Waals surface area contributed by atoms with Crippen molar-refractivity contribution in [3.05, 3.63) is 48.0 Å². The van der Waals surface area contributed by atoms with Crippen molar-refractivity contribution in [1.82, 2.24) is 0 Å². The van der Waals surface area contributed by atoms with Crippen molar-refractivity contribution in [1.29, 1.82) is 0 Å². The standard InChI is InChI=1S/C14H14N2O3/c1-18-10-3-5-11(6-4-10)19-13-8-9(14(16)17)2-7-12(13)15/h2-8H,15H2,1H3,(H2,16,17). The van der Waals surface area contributed by atoms with Gasteiger partial charge >= 0.3 is 0 Å². The van der Waals surface area contributed by atoms with Gasteiger partial charge in [0.25, 0.3) is 0 Å². The number of benzene rings is 2. The first kappa shape index (κ1) is 12.8. The molecule has 0 radical (unpaired) electrons. The summed E-state index contributed by atoms with van der Waals surface area (Å²) in [4.78, 5) is 11.1. The lowest BCUT2D eigenvalue weighted by atomic mass is 10.2. The van der Waals surface area contributed by atoms with Crippen molar-refractivity contribution < 1.29 is 14.3 Å². The highest BCUT2D eigenvalue weighted by atomic mass is 16.5. The maximum absolute atomic E-state index is 11.1. The van der Waals surface area contributed by atoms with E-state index in [1.165, 1.54) is 6.07 Å². The molecular weight excluding hydrogens is 244 g/mol. The summed E-state index contributed by atoms with van der Waals surface area (Å²) in [6.45, 7) is 0. The third kappa shape index (κ3) is 2.95. The van der Waals surface area contributed by atoms with Gasteiger partial charge in [-0.25, -0.2) is 0 Å². The van der Waals surface area contributed by atoms with Crippen LogP contribution in [0.25, 0.3) is 0 Å². The van der Waals surface area contributed by atoms with Crippen LogP contribution in [0.4, 0.5) is 5.69 Å². The number of anilines is 1. The Balaban J connectivity index is 2.26. The number of nitrogens with two attached hydrogens (primary N) is 2. The SMILES string of the molecule is COc1ccc(Oc2cc(C(N)=O)ccc2N)cc1. The van der Waals surface area contributed by atoms with E-state index in [2.05, 4.69) is 0 Å². The van der Waals surface area contributed by atoms with Gasteiger partial charge < -0.3 is 20.9 Å². The Hall–Kier alpha value is -2.69. The van der Waals surface area contributed by atoms with Gasteiger partial charge in [-0.2, -0.15) is 0 Å². The Morgan fingerprint density at radius 1 is 1.05 bits per heavy atom. The van der Waals surface area contributed by atoms with E-state index < -0.39 is 5.91 Å². The predicted molar refractivity (Wildman–Crippen MR) is 72.4 cm³/mol. The fourth-order valence-electron chi connectivity index (χ4n) is 1.55. The maximum atomic E-state index is 11.1. The van der Waals surface area contributed by atoms with Gasteiger partial charge in [0.15, 0.2) is 5.75 Å². The van der Waals surface area contributed by atoms with E-state index in [9.17, 15) is 4.79 Å². The number of hydrogen-bond acceptors (Lipinski definition) is 4. The lowest BCUT2D eigenvalue weighted by Gasteiger charge is -2.10. The third-order valence-corrected chi connectivity index (χ3v) is 2.59. The van der Waals surface area contributed by atoms with E-state index in [4.69, 9.17) is 20.9 Å². The molecule has 2 aromatic carbocycles. The number of methoxy groups -OCH3 is 1. The second-order valence-corrected chi connectivity index (χ2v) is 3.89. The first-order valence-corrected chi connectivity index (χ1v) is 5.61. The van der Waals surface area contributed by atoms with Crippen LogP contribution in [0, 0.1) is 0 Å². The highest BCUT2D eigenvalue weighted by Crippen LogP contribution is 2.29. The van der Waals surface area contributed by atoms with E-state index in [0.717, 1.165) is 5.75 Å². The van der Waals surface area contributed by atoms with Crippen molar-refractivity contribution >= 4 is 11.6 Å². The van der Waals surface area contributed by atoms with Crippen LogP contribution in [-0.2, 0) is 0 Å². The Morgan fingerprint density at radius 2 is 1.68 bits per heavy atom. The molecule has 0 aliphatic carbocycles. The van der Waals surface area contributed by atoms with Crippen molar-refractivity contribution in [3.8, 4) is 17.2 Å². The molecule has 0 heterocycles. The van der Waals surface area contributed by atoms with Gasteiger partial charge in [0, 0.05) is 5.56 Å². The van der Waals surface area contributed by atoms with Gasteiger partial charge in [-0.1, -0.05) is 0 Å². The van der Waals surface area contributed by atoms with Crippen LogP contribution in [0.5, 0.6) is 17.2 Å². The molecule has 0 spiro atoms. The predicted octanol–water partition coefficient (Wildman–Crippen LogP) is 2.17. The van der Waals surface area contributed by atoms with Crippen molar-refractivity contribution in [2.45, 2.75) is 0 Å². The summed E-state index contributed by atoms with van der Waals surface area (Å²) >= 11 is 0. The molecule has 0 saturated carbocycles. The number of hydrogen-bond donors (Lipinski definition) is 2. The number of carbonyl (C=O) groups excluding carboxylic acids is 1. The molecule has 0 aromatic heterocycles. The topological polar surface area (TPSA) is 87.6 Å². The summed E-state index contributed by atoms with van der Waals surface area (Å²) in [6.07, 6.45) is 0. The van der Waals surface area contributed by atoms with Gasteiger partial charge in [-0.05, 0) is 42.5 Å². The second-order valence-electron chi connectivity index (χ2n) is 3.89. The fourth-order valence-corrected chi connectivity index (χ4v) is 1.55. The highest BCUT2D eigenvalue weighted by molar-refractivity contribution is 5.93. The Bertz CT molecular complexity index is 594. The average molecular weight is 258 g/mol. The molecule has 2 aromatic rings. The lowest BCUT2D eigenvalue weighted by molar-refractivity contribution is 0.1000. The zero-order chi connectivity index (χ0) is 13.8. The minimum Gasteiger partial charge on any atom is -0.497 e. The summed E-state index contributed by atoms with van der Waals surface area (Å²) in [5.74, 6) is 1.18. The highest BCUT2D eigenvalue weighted by Gasteiger charge is 2.07. The minimum atomic E-state index is -0.528. The summed E-state index contributed by atoms with van der Waals surface area (Å²) in [5, 5.41) is 0. The van der Waals surface area contributed by atoms with Crippen molar-refractivity contribution in [3.63, 3.8) is 0 Å².